The van der Waals surface area contributed by atoms with Crippen molar-refractivity contribution in [3.05, 3.63) is 29.8 Å². The second kappa shape index (κ2) is 5.17. The van der Waals surface area contributed by atoms with Crippen molar-refractivity contribution in [3.63, 3.8) is 0 Å². The van der Waals surface area contributed by atoms with Crippen molar-refractivity contribution >= 4 is 5.69 Å². The number of fused-ring (bicyclic) bond motifs is 1. The molecule has 0 saturated carbocycles. The predicted molar refractivity (Wildman–Crippen MR) is 65.5 cm³/mol. The van der Waals surface area contributed by atoms with Crippen molar-refractivity contribution < 1.29 is 0 Å². The molecule has 1 aromatic carbocycles. The highest BCUT2D eigenvalue weighted by Gasteiger charge is 2.20. The summed E-state index contributed by atoms with van der Waals surface area (Å²) in [5.74, 6) is 0.722. The highest BCUT2D eigenvalue weighted by molar-refractivity contribution is 5.57. The first kappa shape index (κ1) is 10.5. The van der Waals surface area contributed by atoms with Crippen LogP contribution in [0.25, 0.3) is 0 Å². The zero-order chi connectivity index (χ0) is 10.5. The molecular weight excluding hydrogens is 184 g/mol. The fourth-order valence-corrected chi connectivity index (χ4v) is 2.26. The average molecular weight is 204 g/mol. The van der Waals surface area contributed by atoms with Gasteiger partial charge in [-0.2, -0.15) is 0 Å². The van der Waals surface area contributed by atoms with Gasteiger partial charge in [-0.15, -0.1) is 0 Å². The Labute approximate surface area is 92.1 Å². The van der Waals surface area contributed by atoms with E-state index in [2.05, 4.69) is 41.8 Å². The first-order valence-corrected chi connectivity index (χ1v) is 5.95. The minimum Gasteiger partial charge on any atom is -0.384 e. The fraction of sp³-hybridized carbons (Fsp3) is 0.538. The highest BCUT2D eigenvalue weighted by atomic mass is 14.9. The standard InChI is InChI=1S/C13H20N2/c1-2-14-9-5-6-11-10-15-13-8-4-3-7-12(11)13/h3-4,7-8,11,14-15H,2,5-6,9-10H2,1H3. The van der Waals surface area contributed by atoms with E-state index in [1.54, 1.807) is 0 Å². The van der Waals surface area contributed by atoms with Crippen molar-refractivity contribution in [1.29, 1.82) is 0 Å². The number of hydrogen-bond donors (Lipinski definition) is 2. The molecule has 2 heteroatoms. The summed E-state index contributed by atoms with van der Waals surface area (Å²) in [4.78, 5) is 0. The molecule has 15 heavy (non-hydrogen) atoms. The quantitative estimate of drug-likeness (QED) is 0.720. The van der Waals surface area contributed by atoms with E-state index in [-0.39, 0.29) is 0 Å². The van der Waals surface area contributed by atoms with Crippen LogP contribution in [0.1, 0.15) is 31.2 Å². The third kappa shape index (κ3) is 2.51. The van der Waals surface area contributed by atoms with Crippen molar-refractivity contribution in [1.82, 2.24) is 5.32 Å². The highest BCUT2D eigenvalue weighted by Crippen LogP contribution is 2.33. The molecule has 2 N–H and O–H groups in total. The van der Waals surface area contributed by atoms with Gasteiger partial charge in [0, 0.05) is 18.2 Å². The number of anilines is 1. The molecule has 1 atom stereocenters. The number of para-hydroxylation sites is 1. The monoisotopic (exact) mass is 204 g/mol. The summed E-state index contributed by atoms with van der Waals surface area (Å²) in [6, 6.07) is 8.68. The molecule has 1 heterocycles. The van der Waals surface area contributed by atoms with E-state index in [4.69, 9.17) is 0 Å². The van der Waals surface area contributed by atoms with Gasteiger partial charge in [-0.05, 0) is 37.6 Å². The lowest BCUT2D eigenvalue weighted by molar-refractivity contribution is 0.588. The fourth-order valence-electron chi connectivity index (χ4n) is 2.26. The lowest BCUT2D eigenvalue weighted by Crippen LogP contribution is -2.15. The van der Waals surface area contributed by atoms with Gasteiger partial charge in [0.15, 0.2) is 0 Å². The predicted octanol–water partition coefficient (Wildman–Crippen LogP) is 2.59. The van der Waals surface area contributed by atoms with E-state index in [0.717, 1.165) is 25.6 Å². The third-order valence-electron chi connectivity index (χ3n) is 3.10. The van der Waals surface area contributed by atoms with Crippen LogP contribution in [0, 0.1) is 0 Å². The maximum Gasteiger partial charge on any atom is 0.0376 e. The Bertz CT molecular complexity index is 309. The topological polar surface area (TPSA) is 24.1 Å². The number of benzene rings is 1. The second-order valence-corrected chi connectivity index (χ2v) is 4.16. The number of hydrogen-bond acceptors (Lipinski definition) is 2. The lowest BCUT2D eigenvalue weighted by Gasteiger charge is -2.09. The van der Waals surface area contributed by atoms with E-state index in [1.165, 1.54) is 24.1 Å². The van der Waals surface area contributed by atoms with Crippen molar-refractivity contribution in [2.24, 2.45) is 0 Å². The normalized spacial score (nSPS) is 18.6. The van der Waals surface area contributed by atoms with Crippen LogP contribution in [0.3, 0.4) is 0 Å². The summed E-state index contributed by atoms with van der Waals surface area (Å²) in [7, 11) is 0. The Morgan fingerprint density at radius 1 is 1.40 bits per heavy atom. The van der Waals surface area contributed by atoms with Crippen molar-refractivity contribution in [2.45, 2.75) is 25.7 Å². The average Bonchev–Trinajstić information content (AvgIpc) is 2.68. The van der Waals surface area contributed by atoms with Gasteiger partial charge in [0.2, 0.25) is 0 Å². The van der Waals surface area contributed by atoms with Gasteiger partial charge in [-0.1, -0.05) is 25.1 Å². The summed E-state index contributed by atoms with van der Waals surface area (Å²) >= 11 is 0. The first-order chi connectivity index (χ1) is 7.42. The van der Waals surface area contributed by atoms with E-state index >= 15 is 0 Å². The summed E-state index contributed by atoms with van der Waals surface area (Å²) in [5.41, 5.74) is 2.85. The molecule has 2 nitrogen and oxygen atoms in total. The molecule has 0 aromatic heterocycles. The van der Waals surface area contributed by atoms with Crippen LogP contribution in [0.5, 0.6) is 0 Å². The molecule has 1 unspecified atom stereocenters. The molecule has 2 rings (SSSR count). The van der Waals surface area contributed by atoms with Crippen LogP contribution < -0.4 is 10.6 Å². The maximum absolute atomic E-state index is 3.47. The zero-order valence-electron chi connectivity index (χ0n) is 9.42. The minimum atomic E-state index is 0.722. The third-order valence-corrected chi connectivity index (χ3v) is 3.10. The maximum atomic E-state index is 3.47. The summed E-state index contributed by atoms with van der Waals surface area (Å²) in [6.07, 6.45) is 2.56. The second-order valence-electron chi connectivity index (χ2n) is 4.16. The summed E-state index contributed by atoms with van der Waals surface area (Å²) in [5, 5.41) is 6.85. The van der Waals surface area contributed by atoms with Gasteiger partial charge < -0.3 is 10.6 Å². The molecular formula is C13H20N2. The van der Waals surface area contributed by atoms with Gasteiger partial charge >= 0.3 is 0 Å². The van der Waals surface area contributed by atoms with Crippen LogP contribution in [0.4, 0.5) is 5.69 Å². The van der Waals surface area contributed by atoms with Gasteiger partial charge in [-0.25, -0.2) is 0 Å². The van der Waals surface area contributed by atoms with Gasteiger partial charge in [-0.3, -0.25) is 0 Å². The van der Waals surface area contributed by atoms with Crippen LogP contribution in [-0.2, 0) is 0 Å². The molecule has 0 saturated heterocycles. The van der Waals surface area contributed by atoms with Gasteiger partial charge in [0.25, 0.3) is 0 Å². The molecule has 1 aliphatic rings. The summed E-state index contributed by atoms with van der Waals surface area (Å²) < 4.78 is 0. The molecule has 82 valence electrons. The van der Waals surface area contributed by atoms with Crippen LogP contribution in [-0.4, -0.2) is 19.6 Å². The number of nitrogens with one attached hydrogen (secondary N) is 2. The molecule has 0 fully saturated rings. The van der Waals surface area contributed by atoms with E-state index in [1.807, 2.05) is 0 Å². The molecule has 0 radical (unpaired) electrons. The molecule has 0 aliphatic carbocycles. The first-order valence-electron chi connectivity index (χ1n) is 5.95. The van der Waals surface area contributed by atoms with Crippen LogP contribution in [0.15, 0.2) is 24.3 Å². The summed E-state index contributed by atoms with van der Waals surface area (Å²) in [6.45, 7) is 5.51. The Balaban J connectivity index is 1.85. The molecule has 1 aliphatic heterocycles. The lowest BCUT2D eigenvalue weighted by atomic mass is 9.96. The zero-order valence-corrected chi connectivity index (χ0v) is 9.42. The minimum absolute atomic E-state index is 0.722. The van der Waals surface area contributed by atoms with Gasteiger partial charge in [0.1, 0.15) is 0 Å². The Hall–Kier alpha value is -1.02. The van der Waals surface area contributed by atoms with Gasteiger partial charge in [0.05, 0.1) is 0 Å². The molecule has 0 bridgehead atoms. The van der Waals surface area contributed by atoms with E-state index in [9.17, 15) is 0 Å². The molecule has 0 spiro atoms. The molecule has 1 aromatic rings. The van der Waals surface area contributed by atoms with Crippen molar-refractivity contribution in [2.75, 3.05) is 25.0 Å². The smallest absolute Gasteiger partial charge is 0.0376 e. The van der Waals surface area contributed by atoms with Crippen LogP contribution in [0.2, 0.25) is 0 Å². The molecule has 0 amide bonds. The van der Waals surface area contributed by atoms with Crippen LogP contribution >= 0.6 is 0 Å². The SMILES string of the molecule is CCNCCCC1CNc2ccccc21. The Morgan fingerprint density at radius 2 is 2.27 bits per heavy atom. The largest absolute Gasteiger partial charge is 0.384 e. The van der Waals surface area contributed by atoms with Crippen molar-refractivity contribution in [3.8, 4) is 0 Å². The Morgan fingerprint density at radius 3 is 3.13 bits per heavy atom. The number of rotatable bonds is 5. The van der Waals surface area contributed by atoms with E-state index < -0.39 is 0 Å². The van der Waals surface area contributed by atoms with E-state index in [0.29, 0.717) is 0 Å². The Kier molecular flexibility index (Phi) is 3.62.